The Morgan fingerprint density at radius 1 is 1.23 bits per heavy atom. The van der Waals surface area contributed by atoms with Crippen molar-refractivity contribution in [2.75, 3.05) is 0 Å². The smallest absolute Gasteiger partial charge is 0.166 e. The summed E-state index contributed by atoms with van der Waals surface area (Å²) in [6.45, 7) is 0.833. The Balaban J connectivity index is 2.52. The minimum atomic E-state index is 0.275. The average Bonchev–Trinajstić information content (AvgIpc) is 2.57. The van der Waals surface area contributed by atoms with Crippen molar-refractivity contribution in [3.8, 4) is 0 Å². The first-order chi connectivity index (χ1) is 6.36. The normalized spacial score (nSPS) is 15.2. The fourth-order valence-electron chi connectivity index (χ4n) is 2.03. The number of aromatic nitrogens is 1. The Morgan fingerprint density at radius 2 is 2.15 bits per heavy atom. The monoisotopic (exact) mass is 171 g/mol. The molecule has 2 aromatic rings. The number of ketones is 1. The van der Waals surface area contributed by atoms with Gasteiger partial charge in [0, 0.05) is 30.1 Å². The first-order valence-electron chi connectivity index (χ1n) is 4.47. The number of nitrogens with zero attached hydrogens (tertiary/aromatic N) is 1. The maximum absolute atomic E-state index is 11.6. The number of Topliss-reactive ketones (excluding diaryl/α,β-unsaturated/α-hetero) is 1. The molecule has 0 saturated carbocycles. The lowest BCUT2D eigenvalue weighted by molar-refractivity contribution is 0.0973. The van der Waals surface area contributed by atoms with Gasteiger partial charge in [-0.05, 0) is 12.1 Å². The Morgan fingerprint density at radius 3 is 3.08 bits per heavy atom. The van der Waals surface area contributed by atoms with Gasteiger partial charge in [-0.15, -0.1) is 0 Å². The van der Waals surface area contributed by atoms with Gasteiger partial charge in [0.15, 0.2) is 5.78 Å². The molecule has 0 bridgehead atoms. The standard InChI is InChI=1S/C11H9NO/c13-10-5-7-12-6-4-8-2-1-3-9(10)11(8)12/h1-4,6H,5,7H2. The van der Waals surface area contributed by atoms with E-state index in [4.69, 9.17) is 0 Å². The van der Waals surface area contributed by atoms with Crippen LogP contribution in [0.15, 0.2) is 30.5 Å². The minimum absolute atomic E-state index is 0.275. The number of benzene rings is 1. The van der Waals surface area contributed by atoms with Crippen LogP contribution < -0.4 is 0 Å². The Bertz CT molecular complexity index is 496. The molecular weight excluding hydrogens is 162 g/mol. The second-order valence-corrected chi connectivity index (χ2v) is 3.43. The lowest BCUT2D eigenvalue weighted by atomic mass is 10.0. The first-order valence-corrected chi connectivity index (χ1v) is 4.47. The lowest BCUT2D eigenvalue weighted by Crippen LogP contribution is -2.13. The van der Waals surface area contributed by atoms with Crippen LogP contribution in [0.5, 0.6) is 0 Å². The molecule has 0 saturated heterocycles. The van der Waals surface area contributed by atoms with Crippen molar-refractivity contribution in [2.45, 2.75) is 13.0 Å². The number of carbonyl (C=O) groups is 1. The molecule has 1 aromatic carbocycles. The van der Waals surface area contributed by atoms with E-state index in [0.29, 0.717) is 6.42 Å². The summed E-state index contributed by atoms with van der Waals surface area (Å²) in [6, 6.07) is 7.98. The van der Waals surface area contributed by atoms with Crippen LogP contribution in [0.3, 0.4) is 0 Å². The summed E-state index contributed by atoms with van der Waals surface area (Å²) in [6.07, 6.45) is 2.70. The summed E-state index contributed by atoms with van der Waals surface area (Å²) in [5, 5.41) is 1.17. The number of aryl methyl sites for hydroxylation is 1. The van der Waals surface area contributed by atoms with Crippen LogP contribution in [0.25, 0.3) is 10.9 Å². The van der Waals surface area contributed by atoms with E-state index in [1.807, 2.05) is 18.2 Å². The predicted octanol–water partition coefficient (Wildman–Crippen LogP) is 2.23. The molecule has 1 aromatic heterocycles. The van der Waals surface area contributed by atoms with Gasteiger partial charge in [-0.1, -0.05) is 12.1 Å². The van der Waals surface area contributed by atoms with Crippen molar-refractivity contribution >= 4 is 16.7 Å². The largest absolute Gasteiger partial charge is 0.346 e. The number of rotatable bonds is 0. The van der Waals surface area contributed by atoms with Gasteiger partial charge in [-0.2, -0.15) is 0 Å². The first kappa shape index (κ1) is 6.89. The summed E-state index contributed by atoms with van der Waals surface area (Å²) >= 11 is 0. The molecule has 0 aliphatic carbocycles. The van der Waals surface area contributed by atoms with E-state index in [1.54, 1.807) is 0 Å². The molecule has 2 nitrogen and oxygen atoms in total. The molecule has 1 aliphatic heterocycles. The SMILES string of the molecule is O=C1CCn2ccc3cccc1c32. The topological polar surface area (TPSA) is 22.0 Å². The van der Waals surface area contributed by atoms with Crippen molar-refractivity contribution in [2.24, 2.45) is 0 Å². The number of hydrogen-bond donors (Lipinski definition) is 0. The zero-order chi connectivity index (χ0) is 8.84. The highest BCUT2D eigenvalue weighted by molar-refractivity contribution is 6.08. The van der Waals surface area contributed by atoms with Crippen LogP contribution >= 0.6 is 0 Å². The van der Waals surface area contributed by atoms with Crippen molar-refractivity contribution < 1.29 is 4.79 Å². The highest BCUT2D eigenvalue weighted by Crippen LogP contribution is 2.25. The highest BCUT2D eigenvalue weighted by Gasteiger charge is 2.17. The van der Waals surface area contributed by atoms with Gasteiger partial charge >= 0.3 is 0 Å². The van der Waals surface area contributed by atoms with E-state index in [1.165, 1.54) is 5.39 Å². The van der Waals surface area contributed by atoms with Crippen molar-refractivity contribution in [3.63, 3.8) is 0 Å². The maximum Gasteiger partial charge on any atom is 0.166 e. The van der Waals surface area contributed by atoms with E-state index in [-0.39, 0.29) is 5.78 Å². The molecule has 64 valence electrons. The Labute approximate surface area is 75.8 Å². The summed E-state index contributed by atoms with van der Waals surface area (Å²) in [7, 11) is 0. The zero-order valence-corrected chi connectivity index (χ0v) is 7.16. The van der Waals surface area contributed by atoms with Gasteiger partial charge in [0.2, 0.25) is 0 Å². The number of hydrogen-bond acceptors (Lipinski definition) is 1. The quantitative estimate of drug-likeness (QED) is 0.595. The van der Waals surface area contributed by atoms with Crippen molar-refractivity contribution in [1.29, 1.82) is 0 Å². The van der Waals surface area contributed by atoms with Gasteiger partial charge in [0.05, 0.1) is 5.52 Å². The minimum Gasteiger partial charge on any atom is -0.346 e. The molecule has 3 rings (SSSR count). The molecule has 0 spiro atoms. The second-order valence-electron chi connectivity index (χ2n) is 3.43. The van der Waals surface area contributed by atoms with Crippen molar-refractivity contribution in [3.05, 3.63) is 36.0 Å². The molecule has 0 radical (unpaired) electrons. The van der Waals surface area contributed by atoms with Gasteiger partial charge in [-0.3, -0.25) is 4.79 Å². The van der Waals surface area contributed by atoms with E-state index >= 15 is 0 Å². The Hall–Kier alpha value is -1.57. The van der Waals surface area contributed by atoms with E-state index in [0.717, 1.165) is 17.6 Å². The van der Waals surface area contributed by atoms with E-state index in [9.17, 15) is 4.79 Å². The molecule has 0 fully saturated rings. The van der Waals surface area contributed by atoms with E-state index < -0.39 is 0 Å². The molecule has 1 aliphatic rings. The molecule has 2 heterocycles. The highest BCUT2D eigenvalue weighted by atomic mass is 16.1. The van der Waals surface area contributed by atoms with Crippen LogP contribution in [-0.4, -0.2) is 10.4 Å². The predicted molar refractivity (Wildman–Crippen MR) is 50.9 cm³/mol. The van der Waals surface area contributed by atoms with Crippen LogP contribution in [0.2, 0.25) is 0 Å². The van der Waals surface area contributed by atoms with Gasteiger partial charge in [0.1, 0.15) is 0 Å². The molecule has 0 amide bonds. The third kappa shape index (κ3) is 0.800. The number of para-hydroxylation sites is 1. The zero-order valence-electron chi connectivity index (χ0n) is 7.16. The molecule has 2 heteroatoms. The van der Waals surface area contributed by atoms with Crippen LogP contribution in [0.1, 0.15) is 16.8 Å². The van der Waals surface area contributed by atoms with E-state index in [2.05, 4.69) is 16.8 Å². The van der Waals surface area contributed by atoms with Crippen LogP contribution in [0.4, 0.5) is 0 Å². The van der Waals surface area contributed by atoms with Crippen molar-refractivity contribution in [1.82, 2.24) is 4.57 Å². The fourth-order valence-corrected chi connectivity index (χ4v) is 2.03. The van der Waals surface area contributed by atoms with Gasteiger partial charge < -0.3 is 4.57 Å². The molecule has 0 N–H and O–H groups in total. The summed E-state index contributed by atoms with van der Waals surface area (Å²) in [5.41, 5.74) is 1.99. The van der Waals surface area contributed by atoms with Gasteiger partial charge in [0.25, 0.3) is 0 Å². The molecule has 0 unspecified atom stereocenters. The number of carbonyl (C=O) groups excluding carboxylic acids is 1. The fraction of sp³-hybridized carbons (Fsp3) is 0.182. The molecular formula is C11H9NO. The second kappa shape index (κ2) is 2.22. The average molecular weight is 171 g/mol. The lowest BCUT2D eigenvalue weighted by Gasteiger charge is -2.13. The molecule has 0 atom stereocenters. The maximum atomic E-state index is 11.6. The molecule has 13 heavy (non-hydrogen) atoms. The van der Waals surface area contributed by atoms with Crippen LogP contribution in [0, 0.1) is 0 Å². The summed E-state index contributed by atoms with van der Waals surface area (Å²) in [4.78, 5) is 11.6. The third-order valence-corrected chi connectivity index (χ3v) is 2.67. The van der Waals surface area contributed by atoms with Crippen LogP contribution in [-0.2, 0) is 6.54 Å². The Kier molecular flexibility index (Phi) is 1.18. The summed E-state index contributed by atoms with van der Waals surface area (Å²) < 4.78 is 2.16. The van der Waals surface area contributed by atoms with Gasteiger partial charge in [-0.25, -0.2) is 0 Å². The third-order valence-electron chi connectivity index (χ3n) is 2.67. The summed E-state index contributed by atoms with van der Waals surface area (Å²) in [5.74, 6) is 0.275.